The minimum atomic E-state index is -1.11. The van der Waals surface area contributed by atoms with Crippen molar-refractivity contribution in [2.24, 2.45) is 11.8 Å². The second-order valence-electron chi connectivity index (χ2n) is 9.38. The number of ether oxygens (including phenoxy) is 1. The zero-order valence-corrected chi connectivity index (χ0v) is 24.0. The number of aliphatic carboxylic acids is 1. The van der Waals surface area contributed by atoms with Crippen LogP contribution in [0.25, 0.3) is 17.3 Å². The molecule has 0 saturated heterocycles. The van der Waals surface area contributed by atoms with Crippen molar-refractivity contribution < 1.29 is 23.8 Å². The third-order valence-corrected chi connectivity index (χ3v) is 7.53. The van der Waals surface area contributed by atoms with Crippen LogP contribution in [0.1, 0.15) is 49.2 Å². The number of rotatable bonds is 10. The van der Waals surface area contributed by atoms with Gasteiger partial charge in [-0.05, 0) is 55.0 Å². The van der Waals surface area contributed by atoms with E-state index in [1.165, 1.54) is 25.1 Å². The molecule has 2 unspecified atom stereocenters. The number of hydrogen-bond donors (Lipinski definition) is 2. The molecule has 0 saturated carbocycles. The van der Waals surface area contributed by atoms with Crippen molar-refractivity contribution in [2.75, 3.05) is 12.4 Å². The van der Waals surface area contributed by atoms with E-state index in [0.717, 1.165) is 11.3 Å². The second-order valence-corrected chi connectivity index (χ2v) is 11.1. The van der Waals surface area contributed by atoms with Gasteiger partial charge in [-0.15, -0.1) is 11.3 Å². The van der Waals surface area contributed by atoms with Crippen molar-refractivity contribution in [3.8, 4) is 11.3 Å². The van der Waals surface area contributed by atoms with Crippen LogP contribution in [0.2, 0.25) is 10.0 Å². The fourth-order valence-electron chi connectivity index (χ4n) is 4.32. The molecule has 2 atom stereocenters. The second kappa shape index (κ2) is 12.8. The van der Waals surface area contributed by atoms with Crippen molar-refractivity contribution in [1.82, 2.24) is 4.98 Å². The predicted molar refractivity (Wildman–Crippen MR) is 152 cm³/mol. The molecule has 1 heterocycles. The Morgan fingerprint density at radius 3 is 2.45 bits per heavy atom. The third kappa shape index (κ3) is 6.99. The molecule has 0 spiro atoms. The minimum absolute atomic E-state index is 0.00688. The normalized spacial score (nSPS) is 13.4. The lowest BCUT2D eigenvalue weighted by atomic mass is 9.88. The topological polar surface area (TPSA) is 88.5 Å². The Morgan fingerprint density at radius 2 is 1.87 bits per heavy atom. The number of carbonyl (C=O) groups excluding carboxylic acids is 1. The maximum atomic E-state index is 15.5. The van der Waals surface area contributed by atoms with Gasteiger partial charge in [-0.2, -0.15) is 0 Å². The summed E-state index contributed by atoms with van der Waals surface area (Å²) in [6.45, 7) is 7.62. The Bertz CT molecular complexity index is 1350. The molecule has 2 N–H and O–H groups in total. The van der Waals surface area contributed by atoms with Gasteiger partial charge in [0.2, 0.25) is 0 Å². The smallest absolute Gasteiger partial charge is 0.331 e. The van der Waals surface area contributed by atoms with Crippen LogP contribution in [0, 0.1) is 17.7 Å². The molecule has 10 heteroatoms. The highest BCUT2D eigenvalue weighted by atomic mass is 35.5. The zero-order valence-electron chi connectivity index (χ0n) is 21.6. The molecule has 1 aromatic heterocycles. The number of anilines is 1. The fraction of sp³-hybridized carbons (Fsp3) is 0.321. The number of nitrogens with zero attached hydrogens (tertiary/aromatic N) is 1. The largest absolute Gasteiger partial charge is 0.478 e. The van der Waals surface area contributed by atoms with Gasteiger partial charge < -0.3 is 9.84 Å². The molecule has 3 aromatic rings. The first kappa shape index (κ1) is 29.8. The van der Waals surface area contributed by atoms with E-state index in [1.807, 2.05) is 6.92 Å². The van der Waals surface area contributed by atoms with E-state index in [0.29, 0.717) is 34.7 Å². The first-order chi connectivity index (χ1) is 17.9. The maximum absolute atomic E-state index is 15.5. The number of aromatic nitrogens is 1. The molecule has 2 aromatic carbocycles. The summed E-state index contributed by atoms with van der Waals surface area (Å²) in [7, 11) is 1.67. The summed E-state index contributed by atoms with van der Waals surface area (Å²) in [4.78, 5) is 28.4. The summed E-state index contributed by atoms with van der Waals surface area (Å²) in [5, 5.41) is 14.0. The molecule has 0 aliphatic rings. The molecule has 1 amide bonds. The molecular weight excluding hydrogens is 550 g/mol. The molecule has 0 bridgehead atoms. The highest BCUT2D eigenvalue weighted by molar-refractivity contribution is 7.14. The van der Waals surface area contributed by atoms with E-state index >= 15 is 4.39 Å². The van der Waals surface area contributed by atoms with Gasteiger partial charge >= 0.3 is 5.97 Å². The van der Waals surface area contributed by atoms with E-state index in [2.05, 4.69) is 24.1 Å². The van der Waals surface area contributed by atoms with Gasteiger partial charge in [0.1, 0.15) is 5.82 Å². The van der Waals surface area contributed by atoms with Gasteiger partial charge in [0, 0.05) is 34.8 Å². The SMILES string of the molecule is COC(C(C)C)C(C)Cc1cccc(-c2csc(NC(=O)c3cc(Cl)c(/C=C(\C)C(=O)O)c(Cl)c3)n2)c1F. The zero-order chi connectivity index (χ0) is 28.1. The van der Waals surface area contributed by atoms with Crippen LogP contribution in [0.3, 0.4) is 0 Å². The van der Waals surface area contributed by atoms with E-state index in [-0.39, 0.29) is 44.2 Å². The number of thiazole rings is 1. The van der Waals surface area contributed by atoms with Crippen molar-refractivity contribution in [2.45, 2.75) is 40.2 Å². The molecule has 0 fully saturated rings. The molecule has 202 valence electrons. The quantitative estimate of drug-likeness (QED) is 0.239. The minimum Gasteiger partial charge on any atom is -0.478 e. The van der Waals surface area contributed by atoms with Gasteiger partial charge in [0.05, 0.1) is 21.8 Å². The summed E-state index contributed by atoms with van der Waals surface area (Å²) < 4.78 is 21.1. The van der Waals surface area contributed by atoms with E-state index in [1.54, 1.807) is 30.7 Å². The summed E-state index contributed by atoms with van der Waals surface area (Å²) in [5.74, 6) is -1.55. The Hall–Kier alpha value is -2.78. The molecule has 6 nitrogen and oxygen atoms in total. The molecule has 0 aliphatic heterocycles. The monoisotopic (exact) mass is 578 g/mol. The summed E-state index contributed by atoms with van der Waals surface area (Å²) >= 11 is 13.7. The number of carboxylic acid groups (broad SMARTS) is 1. The van der Waals surface area contributed by atoms with Gasteiger partial charge in [-0.3, -0.25) is 10.1 Å². The third-order valence-electron chi connectivity index (χ3n) is 6.15. The van der Waals surface area contributed by atoms with Crippen LogP contribution in [0.15, 0.2) is 41.3 Å². The number of benzene rings is 2. The van der Waals surface area contributed by atoms with Crippen LogP contribution in [-0.2, 0) is 16.0 Å². The Morgan fingerprint density at radius 1 is 1.21 bits per heavy atom. The lowest BCUT2D eigenvalue weighted by molar-refractivity contribution is -0.132. The van der Waals surface area contributed by atoms with Crippen molar-refractivity contribution >= 4 is 57.6 Å². The van der Waals surface area contributed by atoms with E-state index in [9.17, 15) is 9.59 Å². The summed E-state index contributed by atoms with van der Waals surface area (Å²) in [6, 6.07) is 8.01. The number of hydrogen-bond acceptors (Lipinski definition) is 5. The Labute approximate surface area is 235 Å². The predicted octanol–water partition coefficient (Wildman–Crippen LogP) is 7.85. The van der Waals surface area contributed by atoms with Gasteiger partial charge in [0.15, 0.2) is 5.13 Å². The number of methoxy groups -OCH3 is 1. The average molecular weight is 580 g/mol. The standard InChI is InChI=1S/C28H29Cl2FN2O4S/c1-14(2)25(37-5)15(3)9-17-7-6-8-19(24(17)31)23-13-38-28(32-23)33-26(34)18-11-21(29)20(22(30)12-18)10-16(4)27(35)36/h6-8,10-15,25H,9H2,1-5H3,(H,35,36)(H,32,33,34)/b16-10+. The van der Waals surface area contributed by atoms with Gasteiger partial charge in [-0.1, -0.05) is 56.1 Å². The van der Waals surface area contributed by atoms with Gasteiger partial charge in [0.25, 0.3) is 5.91 Å². The van der Waals surface area contributed by atoms with Crippen molar-refractivity contribution in [3.63, 3.8) is 0 Å². The number of amides is 1. The summed E-state index contributed by atoms with van der Waals surface area (Å²) in [5.41, 5.74) is 1.85. The molecule has 0 aliphatic carbocycles. The van der Waals surface area contributed by atoms with Crippen LogP contribution in [0.5, 0.6) is 0 Å². The van der Waals surface area contributed by atoms with Crippen LogP contribution in [-0.4, -0.2) is 35.2 Å². The van der Waals surface area contributed by atoms with E-state index < -0.39 is 11.9 Å². The van der Waals surface area contributed by atoms with E-state index in [4.69, 9.17) is 33.0 Å². The number of carbonyl (C=O) groups is 2. The lowest BCUT2D eigenvalue weighted by Gasteiger charge is -2.26. The molecule has 3 rings (SSSR count). The fourth-order valence-corrected chi connectivity index (χ4v) is 5.62. The Balaban J connectivity index is 1.79. The first-order valence-corrected chi connectivity index (χ1v) is 13.5. The Kier molecular flexibility index (Phi) is 10.1. The average Bonchev–Trinajstić information content (AvgIpc) is 3.30. The van der Waals surface area contributed by atoms with Crippen LogP contribution in [0.4, 0.5) is 9.52 Å². The number of carboxylic acids is 1. The number of nitrogens with one attached hydrogen (secondary N) is 1. The van der Waals surface area contributed by atoms with Crippen molar-refractivity contribution in [1.29, 1.82) is 0 Å². The van der Waals surface area contributed by atoms with Crippen molar-refractivity contribution in [3.05, 3.63) is 73.8 Å². The van der Waals surface area contributed by atoms with Gasteiger partial charge in [-0.25, -0.2) is 14.2 Å². The highest BCUT2D eigenvalue weighted by Gasteiger charge is 2.23. The first-order valence-electron chi connectivity index (χ1n) is 11.9. The highest BCUT2D eigenvalue weighted by Crippen LogP contribution is 2.32. The summed E-state index contributed by atoms with van der Waals surface area (Å²) in [6.07, 6.45) is 1.86. The lowest BCUT2D eigenvalue weighted by Crippen LogP contribution is -2.28. The maximum Gasteiger partial charge on any atom is 0.331 e. The number of halogens is 3. The molecular formula is C28H29Cl2FN2O4S. The van der Waals surface area contributed by atoms with Crippen LogP contribution < -0.4 is 5.32 Å². The molecule has 0 radical (unpaired) electrons. The molecule has 38 heavy (non-hydrogen) atoms. The van der Waals surface area contributed by atoms with Crippen LogP contribution >= 0.6 is 34.5 Å².